The van der Waals surface area contributed by atoms with E-state index in [0.29, 0.717) is 6.61 Å². The molecule has 2 rings (SSSR count). The molecular formula is C14H16O2. The average Bonchev–Trinajstić information content (AvgIpc) is 2.33. The van der Waals surface area contributed by atoms with E-state index in [1.807, 2.05) is 25.2 Å². The van der Waals surface area contributed by atoms with Gasteiger partial charge in [-0.25, -0.2) is 0 Å². The van der Waals surface area contributed by atoms with Gasteiger partial charge in [-0.15, -0.1) is 0 Å². The lowest BCUT2D eigenvalue weighted by Crippen LogP contribution is -2.21. The van der Waals surface area contributed by atoms with E-state index in [-0.39, 0.29) is 6.10 Å². The molecule has 0 aromatic rings. The van der Waals surface area contributed by atoms with Crippen molar-refractivity contribution in [1.82, 2.24) is 0 Å². The summed E-state index contributed by atoms with van der Waals surface area (Å²) in [6.07, 6.45) is 13.0. The van der Waals surface area contributed by atoms with Crippen LogP contribution in [-0.4, -0.2) is 12.7 Å². The number of rotatable bonds is 2. The van der Waals surface area contributed by atoms with Gasteiger partial charge in [-0.2, -0.15) is 0 Å². The zero-order valence-electron chi connectivity index (χ0n) is 9.48. The van der Waals surface area contributed by atoms with Crippen LogP contribution < -0.4 is 0 Å². The molecule has 0 saturated heterocycles. The highest BCUT2D eigenvalue weighted by molar-refractivity contribution is 5.36. The van der Waals surface area contributed by atoms with E-state index >= 15 is 0 Å². The molecule has 2 nitrogen and oxygen atoms in total. The predicted molar refractivity (Wildman–Crippen MR) is 64.7 cm³/mol. The third kappa shape index (κ3) is 2.45. The first-order chi connectivity index (χ1) is 7.79. The SMILES string of the molecule is C=CC1=C(/C=C2/C=CC=CC2)OCC(C)O1. The Morgan fingerprint density at radius 2 is 2.25 bits per heavy atom. The molecule has 1 unspecified atom stereocenters. The number of hydrogen-bond donors (Lipinski definition) is 0. The molecule has 1 heterocycles. The van der Waals surface area contributed by atoms with Crippen molar-refractivity contribution in [2.24, 2.45) is 0 Å². The van der Waals surface area contributed by atoms with Crippen LogP contribution in [0.1, 0.15) is 13.3 Å². The number of ether oxygens (including phenoxy) is 2. The van der Waals surface area contributed by atoms with E-state index in [0.717, 1.165) is 17.9 Å². The van der Waals surface area contributed by atoms with Crippen molar-refractivity contribution < 1.29 is 9.47 Å². The van der Waals surface area contributed by atoms with Crippen molar-refractivity contribution in [2.45, 2.75) is 19.4 Å². The van der Waals surface area contributed by atoms with Gasteiger partial charge >= 0.3 is 0 Å². The third-order valence-corrected chi connectivity index (χ3v) is 2.46. The average molecular weight is 216 g/mol. The van der Waals surface area contributed by atoms with Gasteiger partial charge in [0.25, 0.3) is 0 Å². The van der Waals surface area contributed by atoms with Crippen molar-refractivity contribution in [3.8, 4) is 0 Å². The largest absolute Gasteiger partial charge is 0.486 e. The molecule has 1 aliphatic carbocycles. The first-order valence-electron chi connectivity index (χ1n) is 5.49. The molecule has 0 saturated carbocycles. The minimum absolute atomic E-state index is 0.0944. The summed E-state index contributed by atoms with van der Waals surface area (Å²) in [5.74, 6) is 1.51. The normalized spacial score (nSPS) is 26.6. The first-order valence-corrected chi connectivity index (χ1v) is 5.49. The fourth-order valence-electron chi connectivity index (χ4n) is 1.65. The van der Waals surface area contributed by atoms with Crippen LogP contribution >= 0.6 is 0 Å². The second-order valence-corrected chi connectivity index (χ2v) is 3.88. The summed E-state index contributed by atoms with van der Waals surface area (Å²) in [7, 11) is 0. The summed E-state index contributed by atoms with van der Waals surface area (Å²) >= 11 is 0. The maximum absolute atomic E-state index is 5.65. The molecule has 0 spiro atoms. The minimum Gasteiger partial charge on any atom is -0.486 e. The van der Waals surface area contributed by atoms with Crippen LogP contribution in [0.3, 0.4) is 0 Å². The van der Waals surface area contributed by atoms with Gasteiger partial charge in [0.05, 0.1) is 0 Å². The molecule has 2 aliphatic rings. The molecule has 84 valence electrons. The van der Waals surface area contributed by atoms with Gasteiger partial charge in [-0.3, -0.25) is 0 Å². The second kappa shape index (κ2) is 4.88. The molecule has 0 bridgehead atoms. The van der Waals surface area contributed by atoms with Gasteiger partial charge in [0.1, 0.15) is 12.7 Å². The lowest BCUT2D eigenvalue weighted by molar-refractivity contribution is 0.0187. The van der Waals surface area contributed by atoms with Crippen LogP contribution in [0, 0.1) is 0 Å². The zero-order chi connectivity index (χ0) is 11.4. The van der Waals surface area contributed by atoms with Crippen LogP contribution in [0.4, 0.5) is 0 Å². The fraction of sp³-hybridized carbons (Fsp3) is 0.286. The molecule has 1 atom stereocenters. The van der Waals surface area contributed by atoms with Crippen LogP contribution in [0.5, 0.6) is 0 Å². The fourth-order valence-corrected chi connectivity index (χ4v) is 1.65. The third-order valence-electron chi connectivity index (χ3n) is 2.46. The first kappa shape index (κ1) is 10.8. The Morgan fingerprint density at radius 3 is 2.94 bits per heavy atom. The van der Waals surface area contributed by atoms with Crippen LogP contribution in [0.25, 0.3) is 0 Å². The monoisotopic (exact) mass is 216 g/mol. The Hall–Kier alpha value is -1.70. The lowest BCUT2D eigenvalue weighted by atomic mass is 10.1. The van der Waals surface area contributed by atoms with E-state index < -0.39 is 0 Å². The van der Waals surface area contributed by atoms with E-state index in [4.69, 9.17) is 9.47 Å². The van der Waals surface area contributed by atoms with E-state index in [9.17, 15) is 0 Å². The van der Waals surface area contributed by atoms with E-state index in [1.165, 1.54) is 5.57 Å². The summed E-state index contributed by atoms with van der Waals surface area (Å²) < 4.78 is 11.3. The van der Waals surface area contributed by atoms with Gasteiger partial charge in [-0.1, -0.05) is 30.9 Å². The van der Waals surface area contributed by atoms with Crippen LogP contribution in [0.15, 0.2) is 60.1 Å². The number of allylic oxidation sites excluding steroid dienone is 7. The Balaban J connectivity index is 2.22. The van der Waals surface area contributed by atoms with Gasteiger partial charge in [-0.05, 0) is 31.1 Å². The Kier molecular flexibility index (Phi) is 3.30. The summed E-state index contributed by atoms with van der Waals surface area (Å²) in [4.78, 5) is 0. The van der Waals surface area contributed by atoms with Gasteiger partial charge in [0, 0.05) is 0 Å². The maximum Gasteiger partial charge on any atom is 0.161 e. The summed E-state index contributed by atoms with van der Waals surface area (Å²) in [5.41, 5.74) is 1.22. The topological polar surface area (TPSA) is 18.5 Å². The highest BCUT2D eigenvalue weighted by Gasteiger charge is 2.17. The summed E-state index contributed by atoms with van der Waals surface area (Å²) in [5, 5.41) is 0. The Labute approximate surface area is 96.3 Å². The van der Waals surface area contributed by atoms with Gasteiger partial charge in [0.2, 0.25) is 0 Å². The molecule has 0 fully saturated rings. The smallest absolute Gasteiger partial charge is 0.161 e. The molecular weight excluding hydrogens is 200 g/mol. The van der Waals surface area contributed by atoms with Crippen molar-refractivity contribution >= 4 is 0 Å². The van der Waals surface area contributed by atoms with E-state index in [2.05, 4.69) is 18.7 Å². The summed E-state index contributed by atoms with van der Waals surface area (Å²) in [6.45, 7) is 6.31. The van der Waals surface area contributed by atoms with Gasteiger partial charge < -0.3 is 9.47 Å². The molecule has 16 heavy (non-hydrogen) atoms. The molecule has 0 N–H and O–H groups in total. The quantitative estimate of drug-likeness (QED) is 0.705. The minimum atomic E-state index is 0.0944. The van der Waals surface area contributed by atoms with Gasteiger partial charge in [0.15, 0.2) is 11.5 Å². The van der Waals surface area contributed by atoms with Crippen LogP contribution in [0.2, 0.25) is 0 Å². The number of hydrogen-bond acceptors (Lipinski definition) is 2. The van der Waals surface area contributed by atoms with E-state index in [1.54, 1.807) is 6.08 Å². The highest BCUT2D eigenvalue weighted by Crippen LogP contribution is 2.22. The summed E-state index contributed by atoms with van der Waals surface area (Å²) in [6, 6.07) is 0. The zero-order valence-corrected chi connectivity index (χ0v) is 9.48. The molecule has 0 aromatic heterocycles. The van der Waals surface area contributed by atoms with Crippen molar-refractivity contribution in [1.29, 1.82) is 0 Å². The predicted octanol–water partition coefficient (Wildman–Crippen LogP) is 3.26. The molecule has 0 aromatic carbocycles. The van der Waals surface area contributed by atoms with Crippen molar-refractivity contribution in [3.63, 3.8) is 0 Å². The van der Waals surface area contributed by atoms with Crippen molar-refractivity contribution in [2.75, 3.05) is 6.61 Å². The lowest BCUT2D eigenvalue weighted by Gasteiger charge is -2.24. The molecule has 2 heteroatoms. The Morgan fingerprint density at radius 1 is 1.38 bits per heavy atom. The van der Waals surface area contributed by atoms with Crippen LogP contribution in [-0.2, 0) is 9.47 Å². The maximum atomic E-state index is 5.65. The molecule has 0 radical (unpaired) electrons. The Bertz CT molecular complexity index is 397. The van der Waals surface area contributed by atoms with Crippen molar-refractivity contribution in [3.05, 3.63) is 60.1 Å². The second-order valence-electron chi connectivity index (χ2n) is 3.88. The highest BCUT2D eigenvalue weighted by atomic mass is 16.6. The molecule has 1 aliphatic heterocycles. The molecule has 0 amide bonds. The standard InChI is InChI=1S/C14H16O2/c1-3-13-14(15-10-11(2)16-13)9-12-7-5-4-6-8-12/h3-7,9,11H,1,8,10H2,2H3/b12-9-.